The van der Waals surface area contributed by atoms with E-state index in [2.05, 4.69) is 5.32 Å². The highest BCUT2D eigenvalue weighted by Crippen LogP contribution is 2.15. The van der Waals surface area contributed by atoms with Crippen molar-refractivity contribution in [3.63, 3.8) is 0 Å². The van der Waals surface area contributed by atoms with Gasteiger partial charge in [0.15, 0.2) is 0 Å². The van der Waals surface area contributed by atoms with E-state index in [-0.39, 0.29) is 24.1 Å². The SMILES string of the molecule is CCC(CC)C(=O)NC(CO)C(O)CCc1ccc([N+](=O)[O-])cc1. The molecule has 1 amide bonds. The molecule has 2 atom stereocenters. The van der Waals surface area contributed by atoms with E-state index in [0.29, 0.717) is 25.7 Å². The van der Waals surface area contributed by atoms with Crippen molar-refractivity contribution in [2.75, 3.05) is 6.61 Å². The van der Waals surface area contributed by atoms with Crippen molar-refractivity contribution >= 4 is 11.6 Å². The van der Waals surface area contributed by atoms with Crippen LogP contribution in [0.3, 0.4) is 0 Å². The van der Waals surface area contributed by atoms with Crippen LogP contribution >= 0.6 is 0 Å². The van der Waals surface area contributed by atoms with Crippen LogP contribution in [0, 0.1) is 16.0 Å². The van der Waals surface area contributed by atoms with Gasteiger partial charge < -0.3 is 15.5 Å². The quantitative estimate of drug-likeness (QED) is 0.445. The molecule has 24 heavy (non-hydrogen) atoms. The third kappa shape index (κ3) is 5.90. The largest absolute Gasteiger partial charge is 0.394 e. The van der Waals surface area contributed by atoms with Crippen molar-refractivity contribution < 1.29 is 19.9 Å². The summed E-state index contributed by atoms with van der Waals surface area (Å²) in [6.07, 6.45) is 1.37. The van der Waals surface area contributed by atoms with Crippen LogP contribution in [0.15, 0.2) is 24.3 Å². The zero-order valence-corrected chi connectivity index (χ0v) is 14.1. The maximum absolute atomic E-state index is 12.1. The molecule has 0 bridgehead atoms. The van der Waals surface area contributed by atoms with Gasteiger partial charge in [0, 0.05) is 18.1 Å². The molecule has 0 saturated heterocycles. The minimum atomic E-state index is -0.886. The number of hydrogen-bond donors (Lipinski definition) is 3. The zero-order valence-electron chi connectivity index (χ0n) is 14.1. The summed E-state index contributed by atoms with van der Waals surface area (Å²) in [5.41, 5.74) is 0.868. The third-order valence-electron chi connectivity index (χ3n) is 4.22. The van der Waals surface area contributed by atoms with Crippen molar-refractivity contribution in [3.05, 3.63) is 39.9 Å². The Labute approximate surface area is 141 Å². The Bertz CT molecular complexity index is 528. The maximum atomic E-state index is 12.1. The fraction of sp³-hybridized carbons (Fsp3) is 0.588. The maximum Gasteiger partial charge on any atom is 0.269 e. The average molecular weight is 338 g/mol. The summed E-state index contributed by atoms with van der Waals surface area (Å²) in [5, 5.41) is 32.9. The molecule has 0 fully saturated rings. The number of carbonyl (C=O) groups is 1. The number of nitrogens with zero attached hydrogens (tertiary/aromatic N) is 1. The minimum Gasteiger partial charge on any atom is -0.394 e. The lowest BCUT2D eigenvalue weighted by Gasteiger charge is -2.24. The molecule has 3 N–H and O–H groups in total. The lowest BCUT2D eigenvalue weighted by Crippen LogP contribution is -2.48. The first-order chi connectivity index (χ1) is 11.4. The van der Waals surface area contributed by atoms with Gasteiger partial charge in [0.25, 0.3) is 5.69 Å². The standard InChI is InChI=1S/C17H26N2O5/c1-3-13(4-2)17(22)18-15(11-20)16(21)10-7-12-5-8-14(9-6-12)19(23)24/h5-6,8-9,13,15-16,20-21H,3-4,7,10-11H2,1-2H3,(H,18,22). The third-order valence-corrected chi connectivity index (χ3v) is 4.22. The second-order valence-electron chi connectivity index (χ2n) is 5.84. The molecule has 0 aliphatic carbocycles. The molecule has 1 rings (SSSR count). The van der Waals surface area contributed by atoms with Gasteiger partial charge in [0.2, 0.25) is 5.91 Å². The van der Waals surface area contributed by atoms with Gasteiger partial charge in [-0.3, -0.25) is 14.9 Å². The molecule has 0 aliphatic heterocycles. The van der Waals surface area contributed by atoms with Gasteiger partial charge in [-0.05, 0) is 31.2 Å². The van der Waals surface area contributed by atoms with Gasteiger partial charge in [-0.15, -0.1) is 0 Å². The molecule has 0 aliphatic rings. The van der Waals surface area contributed by atoms with Crippen molar-refractivity contribution in [1.82, 2.24) is 5.32 Å². The second-order valence-corrected chi connectivity index (χ2v) is 5.84. The Morgan fingerprint density at radius 1 is 1.25 bits per heavy atom. The molecule has 0 saturated carbocycles. The zero-order chi connectivity index (χ0) is 18.1. The molecule has 134 valence electrons. The van der Waals surface area contributed by atoms with E-state index in [1.807, 2.05) is 13.8 Å². The van der Waals surface area contributed by atoms with Gasteiger partial charge in [-0.25, -0.2) is 0 Å². The summed E-state index contributed by atoms with van der Waals surface area (Å²) in [5.74, 6) is -0.283. The number of carbonyl (C=O) groups excluding carboxylic acids is 1. The first kappa shape index (κ1) is 20.1. The topological polar surface area (TPSA) is 113 Å². The highest BCUT2D eigenvalue weighted by atomic mass is 16.6. The smallest absolute Gasteiger partial charge is 0.269 e. The van der Waals surface area contributed by atoms with Gasteiger partial charge in [-0.1, -0.05) is 26.0 Å². The number of non-ortho nitro benzene ring substituents is 1. The summed E-state index contributed by atoms with van der Waals surface area (Å²) >= 11 is 0. The Morgan fingerprint density at radius 3 is 2.29 bits per heavy atom. The number of aliphatic hydroxyl groups is 2. The van der Waals surface area contributed by atoms with Gasteiger partial charge >= 0.3 is 0 Å². The summed E-state index contributed by atoms with van der Waals surface area (Å²) < 4.78 is 0. The molecular weight excluding hydrogens is 312 g/mol. The summed E-state index contributed by atoms with van der Waals surface area (Å²) in [7, 11) is 0. The molecule has 1 aromatic rings. The predicted octanol–water partition coefficient (Wildman–Crippen LogP) is 1.80. The van der Waals surface area contributed by atoms with E-state index >= 15 is 0 Å². The van der Waals surface area contributed by atoms with Crippen molar-refractivity contribution in [3.8, 4) is 0 Å². The van der Waals surface area contributed by atoms with E-state index in [9.17, 15) is 25.1 Å². The van der Waals surface area contributed by atoms with Crippen LogP contribution in [0.2, 0.25) is 0 Å². The van der Waals surface area contributed by atoms with Gasteiger partial charge in [0.05, 0.1) is 23.7 Å². The van der Waals surface area contributed by atoms with Crippen LogP contribution in [-0.4, -0.2) is 39.8 Å². The van der Waals surface area contributed by atoms with Crippen molar-refractivity contribution in [1.29, 1.82) is 0 Å². The van der Waals surface area contributed by atoms with E-state index in [0.717, 1.165) is 5.56 Å². The lowest BCUT2D eigenvalue weighted by atomic mass is 9.99. The second kappa shape index (κ2) is 10.00. The van der Waals surface area contributed by atoms with Crippen LogP contribution < -0.4 is 5.32 Å². The van der Waals surface area contributed by atoms with Gasteiger partial charge in [0.1, 0.15) is 0 Å². The summed E-state index contributed by atoms with van der Waals surface area (Å²) in [4.78, 5) is 22.2. The van der Waals surface area contributed by atoms with Gasteiger partial charge in [-0.2, -0.15) is 0 Å². The monoisotopic (exact) mass is 338 g/mol. The molecule has 0 aromatic heterocycles. The van der Waals surface area contributed by atoms with Crippen LogP contribution in [0.1, 0.15) is 38.7 Å². The number of benzene rings is 1. The average Bonchev–Trinajstić information content (AvgIpc) is 2.58. The van der Waals surface area contributed by atoms with E-state index < -0.39 is 17.1 Å². The molecule has 0 radical (unpaired) electrons. The Kier molecular flexibility index (Phi) is 8.35. The van der Waals surface area contributed by atoms with Crippen LogP contribution in [0.25, 0.3) is 0 Å². The Morgan fingerprint density at radius 2 is 1.83 bits per heavy atom. The van der Waals surface area contributed by atoms with Crippen molar-refractivity contribution in [2.24, 2.45) is 5.92 Å². The molecule has 1 aromatic carbocycles. The highest BCUT2D eigenvalue weighted by Gasteiger charge is 2.23. The Balaban J connectivity index is 2.56. The molecule has 0 spiro atoms. The molecule has 2 unspecified atom stereocenters. The number of aliphatic hydroxyl groups excluding tert-OH is 2. The number of nitro benzene ring substituents is 1. The lowest BCUT2D eigenvalue weighted by molar-refractivity contribution is -0.384. The minimum absolute atomic E-state index is 0.0185. The number of amides is 1. The number of nitrogens with one attached hydrogen (secondary N) is 1. The number of aryl methyl sites for hydroxylation is 1. The normalized spacial score (nSPS) is 13.5. The molecule has 0 heterocycles. The number of rotatable bonds is 10. The summed E-state index contributed by atoms with van der Waals surface area (Å²) in [6, 6.07) is 5.40. The highest BCUT2D eigenvalue weighted by molar-refractivity contribution is 5.78. The van der Waals surface area contributed by atoms with E-state index in [1.54, 1.807) is 12.1 Å². The molecule has 7 heteroatoms. The molecular formula is C17H26N2O5. The van der Waals surface area contributed by atoms with E-state index in [1.165, 1.54) is 12.1 Å². The number of nitro groups is 1. The number of hydrogen-bond acceptors (Lipinski definition) is 5. The first-order valence-electron chi connectivity index (χ1n) is 8.25. The van der Waals surface area contributed by atoms with Crippen LogP contribution in [-0.2, 0) is 11.2 Å². The fourth-order valence-electron chi connectivity index (χ4n) is 2.52. The fourth-order valence-corrected chi connectivity index (χ4v) is 2.52. The Hall–Kier alpha value is -1.99. The van der Waals surface area contributed by atoms with E-state index in [4.69, 9.17) is 0 Å². The van der Waals surface area contributed by atoms with Crippen molar-refractivity contribution in [2.45, 2.75) is 51.7 Å². The molecule has 7 nitrogen and oxygen atoms in total. The van der Waals surface area contributed by atoms with Crippen LogP contribution in [0.5, 0.6) is 0 Å². The predicted molar refractivity (Wildman–Crippen MR) is 90.5 cm³/mol. The first-order valence-corrected chi connectivity index (χ1v) is 8.25. The summed E-state index contributed by atoms with van der Waals surface area (Å²) in [6.45, 7) is 3.51. The van der Waals surface area contributed by atoms with Crippen LogP contribution in [0.4, 0.5) is 5.69 Å².